The van der Waals surface area contributed by atoms with Gasteiger partial charge in [-0.05, 0) is 25.1 Å². The van der Waals surface area contributed by atoms with Crippen LogP contribution in [0.2, 0.25) is 0 Å². The summed E-state index contributed by atoms with van der Waals surface area (Å²) < 4.78 is 41.0. The summed E-state index contributed by atoms with van der Waals surface area (Å²) in [4.78, 5) is 11.6. The van der Waals surface area contributed by atoms with E-state index in [1.165, 1.54) is 18.2 Å². The highest BCUT2D eigenvalue weighted by atomic mass is 19.4. The molecule has 0 bridgehead atoms. The van der Waals surface area contributed by atoms with E-state index >= 15 is 0 Å². The molecule has 0 saturated carbocycles. The highest BCUT2D eigenvalue weighted by molar-refractivity contribution is 5.96. The summed E-state index contributed by atoms with van der Waals surface area (Å²) in [7, 11) is 0. The van der Waals surface area contributed by atoms with Crippen LogP contribution in [-0.4, -0.2) is 25.3 Å². The molecule has 106 valence electrons. The molecule has 0 spiro atoms. The van der Waals surface area contributed by atoms with Crippen LogP contribution in [0.3, 0.4) is 0 Å². The monoisotopic (exact) mass is 276 g/mol. The van der Waals surface area contributed by atoms with Gasteiger partial charge in [-0.2, -0.15) is 13.2 Å². The van der Waals surface area contributed by atoms with Crippen molar-refractivity contribution in [1.29, 1.82) is 0 Å². The SMILES string of the molecule is CCOC(=O)c1cc(N)ccc1NCCC(F)(F)F. The van der Waals surface area contributed by atoms with Gasteiger partial charge in [0, 0.05) is 17.9 Å². The first-order chi connectivity index (χ1) is 8.83. The van der Waals surface area contributed by atoms with Gasteiger partial charge in [-0.25, -0.2) is 4.79 Å². The normalized spacial score (nSPS) is 11.2. The third kappa shape index (κ3) is 5.07. The van der Waals surface area contributed by atoms with Gasteiger partial charge in [0.1, 0.15) is 0 Å². The van der Waals surface area contributed by atoms with Crippen LogP contribution in [0.4, 0.5) is 24.5 Å². The van der Waals surface area contributed by atoms with Crippen LogP contribution in [0.15, 0.2) is 18.2 Å². The van der Waals surface area contributed by atoms with E-state index < -0.39 is 18.6 Å². The Morgan fingerprint density at radius 1 is 1.42 bits per heavy atom. The van der Waals surface area contributed by atoms with Crippen LogP contribution >= 0.6 is 0 Å². The molecule has 0 atom stereocenters. The van der Waals surface area contributed by atoms with Gasteiger partial charge >= 0.3 is 12.1 Å². The Hall–Kier alpha value is -1.92. The van der Waals surface area contributed by atoms with E-state index in [0.717, 1.165) is 0 Å². The van der Waals surface area contributed by atoms with Crippen molar-refractivity contribution in [2.24, 2.45) is 0 Å². The molecule has 0 amide bonds. The zero-order valence-electron chi connectivity index (χ0n) is 10.4. The minimum Gasteiger partial charge on any atom is -0.462 e. The summed E-state index contributed by atoms with van der Waals surface area (Å²) in [6.45, 7) is 1.50. The first-order valence-corrected chi connectivity index (χ1v) is 5.70. The van der Waals surface area contributed by atoms with Gasteiger partial charge in [0.15, 0.2) is 0 Å². The molecule has 19 heavy (non-hydrogen) atoms. The van der Waals surface area contributed by atoms with Crippen molar-refractivity contribution in [1.82, 2.24) is 0 Å². The van der Waals surface area contributed by atoms with Gasteiger partial charge in [0.2, 0.25) is 0 Å². The average molecular weight is 276 g/mol. The number of hydrogen-bond donors (Lipinski definition) is 2. The molecule has 0 fully saturated rings. The maximum Gasteiger partial charge on any atom is 0.390 e. The van der Waals surface area contributed by atoms with Crippen LogP contribution in [0, 0.1) is 0 Å². The molecule has 3 N–H and O–H groups in total. The van der Waals surface area contributed by atoms with Crippen LogP contribution in [0.5, 0.6) is 0 Å². The number of esters is 1. The number of nitrogens with one attached hydrogen (secondary N) is 1. The largest absolute Gasteiger partial charge is 0.462 e. The Labute approximate surface area is 108 Å². The van der Waals surface area contributed by atoms with E-state index in [-0.39, 0.29) is 24.4 Å². The summed E-state index contributed by atoms with van der Waals surface area (Å²) >= 11 is 0. The Morgan fingerprint density at radius 3 is 2.68 bits per heavy atom. The Bertz CT molecular complexity index is 447. The number of benzene rings is 1. The maximum atomic E-state index is 12.1. The van der Waals surface area contributed by atoms with Crippen molar-refractivity contribution in [3.8, 4) is 0 Å². The summed E-state index contributed by atoms with van der Waals surface area (Å²) in [5, 5.41) is 2.56. The lowest BCUT2D eigenvalue weighted by atomic mass is 10.1. The second-order valence-electron chi connectivity index (χ2n) is 3.82. The van der Waals surface area contributed by atoms with Crippen LogP contribution < -0.4 is 11.1 Å². The van der Waals surface area contributed by atoms with Crippen molar-refractivity contribution in [2.45, 2.75) is 19.5 Å². The molecule has 0 radical (unpaired) electrons. The topological polar surface area (TPSA) is 64.3 Å². The molecule has 0 unspecified atom stereocenters. The second-order valence-corrected chi connectivity index (χ2v) is 3.82. The van der Waals surface area contributed by atoms with E-state index in [1.54, 1.807) is 6.92 Å². The van der Waals surface area contributed by atoms with Gasteiger partial charge in [-0.1, -0.05) is 0 Å². The number of halogens is 3. The summed E-state index contributed by atoms with van der Waals surface area (Å²) in [6, 6.07) is 4.32. The number of rotatable bonds is 5. The van der Waals surface area contributed by atoms with Crippen molar-refractivity contribution in [3.05, 3.63) is 23.8 Å². The zero-order valence-corrected chi connectivity index (χ0v) is 10.4. The van der Waals surface area contributed by atoms with Crippen molar-refractivity contribution >= 4 is 17.3 Å². The number of carbonyl (C=O) groups is 1. The number of nitrogen functional groups attached to an aromatic ring is 1. The molecule has 0 aliphatic rings. The van der Waals surface area contributed by atoms with E-state index in [4.69, 9.17) is 10.5 Å². The predicted octanol–water partition coefficient (Wildman–Crippen LogP) is 2.81. The van der Waals surface area contributed by atoms with Crippen LogP contribution in [0.1, 0.15) is 23.7 Å². The third-order valence-electron chi connectivity index (χ3n) is 2.26. The lowest BCUT2D eigenvalue weighted by molar-refractivity contribution is -0.131. The molecule has 4 nitrogen and oxygen atoms in total. The van der Waals surface area contributed by atoms with E-state index in [2.05, 4.69) is 5.32 Å². The fourth-order valence-electron chi connectivity index (χ4n) is 1.43. The van der Waals surface area contributed by atoms with E-state index in [0.29, 0.717) is 5.69 Å². The third-order valence-corrected chi connectivity index (χ3v) is 2.26. The zero-order chi connectivity index (χ0) is 14.5. The summed E-state index contributed by atoms with van der Waals surface area (Å²) in [5.41, 5.74) is 6.28. The fraction of sp³-hybridized carbons (Fsp3) is 0.417. The predicted molar refractivity (Wildman–Crippen MR) is 66.0 cm³/mol. The molecule has 1 aromatic carbocycles. The quantitative estimate of drug-likeness (QED) is 0.641. The average Bonchev–Trinajstić information content (AvgIpc) is 2.29. The van der Waals surface area contributed by atoms with Gasteiger partial charge in [-0.3, -0.25) is 0 Å². The van der Waals surface area contributed by atoms with Gasteiger partial charge in [0.05, 0.1) is 18.6 Å². The maximum absolute atomic E-state index is 12.1. The number of hydrogen-bond acceptors (Lipinski definition) is 4. The van der Waals surface area contributed by atoms with Gasteiger partial charge in [-0.15, -0.1) is 0 Å². The minimum absolute atomic E-state index is 0.129. The Morgan fingerprint density at radius 2 is 2.11 bits per heavy atom. The van der Waals surface area contributed by atoms with Crippen molar-refractivity contribution < 1.29 is 22.7 Å². The molecule has 0 aromatic heterocycles. The van der Waals surface area contributed by atoms with Crippen LogP contribution in [0.25, 0.3) is 0 Å². The molecule has 0 saturated heterocycles. The van der Waals surface area contributed by atoms with Crippen molar-refractivity contribution in [3.63, 3.8) is 0 Å². The van der Waals surface area contributed by atoms with Crippen LogP contribution in [-0.2, 0) is 4.74 Å². The molecule has 0 heterocycles. The number of carbonyl (C=O) groups excluding carboxylic acids is 1. The summed E-state index contributed by atoms with van der Waals surface area (Å²) in [5.74, 6) is -0.621. The lowest BCUT2D eigenvalue weighted by Gasteiger charge is -2.13. The smallest absolute Gasteiger partial charge is 0.390 e. The lowest BCUT2D eigenvalue weighted by Crippen LogP contribution is -2.16. The molecule has 0 aliphatic carbocycles. The Balaban J connectivity index is 2.79. The number of alkyl halides is 3. The number of anilines is 2. The van der Waals surface area contributed by atoms with E-state index in [9.17, 15) is 18.0 Å². The molecule has 0 aliphatic heterocycles. The molecule has 1 rings (SSSR count). The fourth-order valence-corrected chi connectivity index (χ4v) is 1.43. The highest BCUT2D eigenvalue weighted by Gasteiger charge is 2.26. The number of nitrogens with two attached hydrogens (primary N) is 1. The minimum atomic E-state index is -4.25. The molecule has 7 heteroatoms. The standard InChI is InChI=1S/C12H15F3N2O2/c1-2-19-11(18)9-7-8(16)3-4-10(9)17-6-5-12(13,14)15/h3-4,7,17H,2,5-6,16H2,1H3. The molecular formula is C12H15F3N2O2. The van der Waals surface area contributed by atoms with E-state index in [1.807, 2.05) is 0 Å². The van der Waals surface area contributed by atoms with Gasteiger partial charge < -0.3 is 15.8 Å². The van der Waals surface area contributed by atoms with Gasteiger partial charge in [0.25, 0.3) is 0 Å². The Kier molecular flexibility index (Phi) is 5.02. The number of ether oxygens (including phenoxy) is 1. The van der Waals surface area contributed by atoms with Crippen molar-refractivity contribution in [2.75, 3.05) is 24.2 Å². The second kappa shape index (κ2) is 6.31. The first-order valence-electron chi connectivity index (χ1n) is 5.70. The molecule has 1 aromatic rings. The summed E-state index contributed by atoms with van der Waals surface area (Å²) in [6.07, 6.45) is -5.23. The molecular weight excluding hydrogens is 261 g/mol. The first kappa shape index (κ1) is 15.1. The highest BCUT2D eigenvalue weighted by Crippen LogP contribution is 2.23.